The Bertz CT molecular complexity index is 451. The van der Waals surface area contributed by atoms with Crippen molar-refractivity contribution in [3.05, 3.63) is 11.9 Å². The zero-order chi connectivity index (χ0) is 15.7. The molecule has 118 valence electrons. The zero-order valence-corrected chi connectivity index (χ0v) is 13.3. The van der Waals surface area contributed by atoms with Gasteiger partial charge in [0.05, 0.1) is 0 Å². The summed E-state index contributed by atoms with van der Waals surface area (Å²) in [6, 6.07) is 1.84. The van der Waals surface area contributed by atoms with Crippen molar-refractivity contribution in [2.24, 2.45) is 0 Å². The summed E-state index contributed by atoms with van der Waals surface area (Å²) in [7, 11) is 5.10. The van der Waals surface area contributed by atoms with Crippen molar-refractivity contribution in [2.75, 3.05) is 44.9 Å². The van der Waals surface area contributed by atoms with E-state index >= 15 is 0 Å². The van der Waals surface area contributed by atoms with Gasteiger partial charge in [0.2, 0.25) is 5.91 Å². The smallest absolute Gasteiger partial charge is 0.223 e. The van der Waals surface area contributed by atoms with Crippen LogP contribution in [0.4, 0.5) is 11.6 Å². The maximum Gasteiger partial charge on any atom is 0.223 e. The molecular formula is C14H25N5O2. The third-order valence-corrected chi connectivity index (χ3v) is 2.75. The maximum absolute atomic E-state index is 11.5. The normalized spacial score (nSPS) is 10.3. The van der Waals surface area contributed by atoms with E-state index in [1.54, 1.807) is 26.1 Å². The summed E-state index contributed by atoms with van der Waals surface area (Å²) in [5.41, 5.74) is 0. The minimum Gasteiger partial charge on any atom is -0.377 e. The van der Waals surface area contributed by atoms with Crippen molar-refractivity contribution in [3.8, 4) is 0 Å². The first-order valence-corrected chi connectivity index (χ1v) is 7.11. The van der Waals surface area contributed by atoms with Gasteiger partial charge in [0.1, 0.15) is 18.2 Å². The molecule has 7 nitrogen and oxygen atoms in total. The summed E-state index contributed by atoms with van der Waals surface area (Å²) >= 11 is 0. The minimum absolute atomic E-state index is 0.0815. The Morgan fingerprint density at radius 3 is 2.38 bits per heavy atom. The molecule has 0 radical (unpaired) electrons. The summed E-state index contributed by atoms with van der Waals surface area (Å²) in [4.78, 5) is 21.8. The van der Waals surface area contributed by atoms with Gasteiger partial charge < -0.3 is 20.3 Å². The van der Waals surface area contributed by atoms with Crippen LogP contribution in [-0.4, -0.2) is 55.1 Å². The van der Waals surface area contributed by atoms with Gasteiger partial charge in [0.15, 0.2) is 5.82 Å². The predicted octanol–water partition coefficient (Wildman–Crippen LogP) is 1.34. The topological polar surface area (TPSA) is 79.4 Å². The molecule has 0 saturated carbocycles. The average Bonchev–Trinajstić information content (AvgIpc) is 2.45. The van der Waals surface area contributed by atoms with Gasteiger partial charge in [0, 0.05) is 46.8 Å². The van der Waals surface area contributed by atoms with Crippen LogP contribution in [0.15, 0.2) is 6.07 Å². The van der Waals surface area contributed by atoms with Gasteiger partial charge in [-0.05, 0) is 6.42 Å². The highest BCUT2D eigenvalue weighted by Gasteiger charge is 2.06. The minimum atomic E-state index is 0.0815. The predicted molar refractivity (Wildman–Crippen MR) is 83.3 cm³/mol. The van der Waals surface area contributed by atoms with E-state index in [9.17, 15) is 4.79 Å². The molecule has 1 aromatic rings. The van der Waals surface area contributed by atoms with E-state index in [4.69, 9.17) is 4.74 Å². The molecular weight excluding hydrogens is 270 g/mol. The first-order valence-electron chi connectivity index (χ1n) is 7.11. The molecule has 0 saturated heterocycles. The second kappa shape index (κ2) is 9.12. The van der Waals surface area contributed by atoms with E-state index in [1.165, 1.54) is 0 Å². The van der Waals surface area contributed by atoms with Crippen LogP contribution in [0.25, 0.3) is 0 Å². The Morgan fingerprint density at radius 2 is 1.86 bits per heavy atom. The standard InChI is InChI=1S/C14H25N5O2/c1-5-7-15-11-9-12(18-13(17-11)10-21-4)16-8-6-14(20)19(2)3/h9H,5-8,10H2,1-4H3,(H2,15,16,17,18). The van der Waals surface area contributed by atoms with Crippen LogP contribution in [0.2, 0.25) is 0 Å². The van der Waals surface area contributed by atoms with Gasteiger partial charge >= 0.3 is 0 Å². The highest BCUT2D eigenvalue weighted by atomic mass is 16.5. The summed E-state index contributed by atoms with van der Waals surface area (Å²) in [6.45, 7) is 3.83. The molecule has 0 atom stereocenters. The number of nitrogens with zero attached hydrogens (tertiary/aromatic N) is 3. The molecule has 21 heavy (non-hydrogen) atoms. The first-order chi connectivity index (χ1) is 10.1. The zero-order valence-electron chi connectivity index (χ0n) is 13.3. The monoisotopic (exact) mass is 295 g/mol. The second-order valence-corrected chi connectivity index (χ2v) is 4.88. The van der Waals surface area contributed by atoms with E-state index in [0.29, 0.717) is 31.2 Å². The van der Waals surface area contributed by atoms with Crippen molar-refractivity contribution < 1.29 is 9.53 Å². The van der Waals surface area contributed by atoms with Crippen LogP contribution in [0, 0.1) is 0 Å². The Balaban J connectivity index is 2.66. The number of methoxy groups -OCH3 is 1. The lowest BCUT2D eigenvalue weighted by Gasteiger charge is -2.12. The number of anilines is 2. The van der Waals surface area contributed by atoms with Crippen molar-refractivity contribution in [1.29, 1.82) is 0 Å². The molecule has 7 heteroatoms. The first kappa shape index (κ1) is 17.2. The van der Waals surface area contributed by atoms with Gasteiger partial charge in [0.25, 0.3) is 0 Å². The largest absolute Gasteiger partial charge is 0.377 e. The fourth-order valence-electron chi connectivity index (χ4n) is 1.65. The fourth-order valence-corrected chi connectivity index (χ4v) is 1.65. The van der Waals surface area contributed by atoms with Crippen LogP contribution in [-0.2, 0) is 16.1 Å². The molecule has 0 unspecified atom stereocenters. The third-order valence-electron chi connectivity index (χ3n) is 2.75. The van der Waals surface area contributed by atoms with Crippen molar-refractivity contribution in [1.82, 2.24) is 14.9 Å². The molecule has 0 spiro atoms. The van der Waals surface area contributed by atoms with E-state index in [-0.39, 0.29) is 5.91 Å². The molecule has 1 amide bonds. The molecule has 0 aliphatic carbocycles. The van der Waals surface area contributed by atoms with Crippen LogP contribution in [0.1, 0.15) is 25.6 Å². The van der Waals surface area contributed by atoms with Gasteiger partial charge in [-0.1, -0.05) is 6.92 Å². The number of hydrogen-bond acceptors (Lipinski definition) is 6. The summed E-state index contributed by atoms with van der Waals surface area (Å²) in [5, 5.41) is 6.38. The number of nitrogens with one attached hydrogen (secondary N) is 2. The lowest BCUT2D eigenvalue weighted by Crippen LogP contribution is -2.24. The van der Waals surface area contributed by atoms with Crippen LogP contribution >= 0.6 is 0 Å². The van der Waals surface area contributed by atoms with Crippen molar-refractivity contribution in [3.63, 3.8) is 0 Å². The quantitative estimate of drug-likeness (QED) is 0.715. The molecule has 1 heterocycles. The number of ether oxygens (including phenoxy) is 1. The maximum atomic E-state index is 11.5. The van der Waals surface area contributed by atoms with Crippen LogP contribution in [0.5, 0.6) is 0 Å². The Morgan fingerprint density at radius 1 is 1.24 bits per heavy atom. The van der Waals surface area contributed by atoms with Crippen molar-refractivity contribution in [2.45, 2.75) is 26.4 Å². The van der Waals surface area contributed by atoms with E-state index in [0.717, 1.165) is 18.8 Å². The Kier molecular flexibility index (Phi) is 7.45. The summed E-state index contributed by atoms with van der Waals surface area (Å²) in [5.74, 6) is 2.15. The summed E-state index contributed by atoms with van der Waals surface area (Å²) < 4.78 is 5.08. The number of amides is 1. The van der Waals surface area contributed by atoms with E-state index < -0.39 is 0 Å². The molecule has 0 aliphatic heterocycles. The fraction of sp³-hybridized carbons (Fsp3) is 0.643. The van der Waals surface area contributed by atoms with Gasteiger partial charge in [-0.3, -0.25) is 4.79 Å². The molecule has 0 aliphatic rings. The van der Waals surface area contributed by atoms with Crippen molar-refractivity contribution >= 4 is 17.5 Å². The summed E-state index contributed by atoms with van der Waals surface area (Å²) in [6.07, 6.45) is 1.44. The number of rotatable bonds is 9. The lowest BCUT2D eigenvalue weighted by atomic mass is 10.3. The number of aromatic nitrogens is 2. The SMILES string of the molecule is CCCNc1cc(NCCC(=O)N(C)C)nc(COC)n1. The number of carbonyl (C=O) groups excluding carboxylic acids is 1. The average molecular weight is 295 g/mol. The highest BCUT2D eigenvalue weighted by molar-refractivity contribution is 5.76. The number of hydrogen-bond donors (Lipinski definition) is 2. The van der Waals surface area contributed by atoms with E-state index in [1.807, 2.05) is 6.07 Å². The lowest BCUT2D eigenvalue weighted by molar-refractivity contribution is -0.128. The van der Waals surface area contributed by atoms with Crippen LogP contribution < -0.4 is 10.6 Å². The Hall–Kier alpha value is -1.89. The molecule has 0 fully saturated rings. The number of carbonyl (C=O) groups is 1. The molecule has 1 aromatic heterocycles. The molecule has 2 N–H and O–H groups in total. The molecule has 0 bridgehead atoms. The highest BCUT2D eigenvalue weighted by Crippen LogP contribution is 2.12. The van der Waals surface area contributed by atoms with Gasteiger partial charge in [-0.15, -0.1) is 0 Å². The molecule has 0 aromatic carbocycles. The van der Waals surface area contributed by atoms with Crippen LogP contribution in [0.3, 0.4) is 0 Å². The van der Waals surface area contributed by atoms with Gasteiger partial charge in [-0.25, -0.2) is 9.97 Å². The van der Waals surface area contributed by atoms with Gasteiger partial charge in [-0.2, -0.15) is 0 Å². The van der Waals surface area contributed by atoms with E-state index in [2.05, 4.69) is 27.5 Å². The molecule has 1 rings (SSSR count). The Labute approximate surface area is 126 Å². The second-order valence-electron chi connectivity index (χ2n) is 4.88. The third kappa shape index (κ3) is 6.40.